The Balaban J connectivity index is 1.91. The summed E-state index contributed by atoms with van der Waals surface area (Å²) in [6.45, 7) is 2.62. The Morgan fingerprint density at radius 3 is 2.29 bits per heavy atom. The van der Waals surface area contributed by atoms with Gasteiger partial charge in [0.25, 0.3) is 0 Å². The van der Waals surface area contributed by atoms with E-state index in [1.165, 1.54) is 13.8 Å². The highest BCUT2D eigenvalue weighted by molar-refractivity contribution is 5.70. The van der Waals surface area contributed by atoms with Crippen LogP contribution in [0.4, 0.5) is 4.79 Å². The van der Waals surface area contributed by atoms with Crippen LogP contribution in [0, 0.1) is 0 Å². The van der Waals surface area contributed by atoms with Crippen molar-refractivity contribution in [3.8, 4) is 0 Å². The molecule has 24 heavy (non-hydrogen) atoms. The Morgan fingerprint density at radius 2 is 1.67 bits per heavy atom. The first-order chi connectivity index (χ1) is 11.5. The average molecular weight is 333 g/mol. The van der Waals surface area contributed by atoms with Crippen LogP contribution in [0.2, 0.25) is 0 Å². The topological polar surface area (TPSA) is 90.9 Å². The van der Waals surface area contributed by atoms with Gasteiger partial charge in [0, 0.05) is 13.8 Å². The number of benzene rings is 1. The fourth-order valence-corrected chi connectivity index (χ4v) is 2.31. The quantitative estimate of drug-likeness (QED) is 0.501. The van der Waals surface area contributed by atoms with Crippen molar-refractivity contribution in [2.45, 2.75) is 38.7 Å². The third-order valence-electron chi connectivity index (χ3n) is 3.29. The minimum Gasteiger partial charge on any atom is -0.456 e. The van der Waals surface area contributed by atoms with Gasteiger partial charge in [-0.05, 0) is 11.6 Å². The molecule has 0 aromatic heterocycles. The molecule has 128 valence electrons. The molecular weight excluding hydrogens is 314 g/mol. The lowest BCUT2D eigenvalue weighted by Crippen LogP contribution is -2.46. The monoisotopic (exact) mass is 333 g/mol. The Kier molecular flexibility index (Phi) is 5.95. The van der Waals surface area contributed by atoms with E-state index in [-0.39, 0.29) is 6.61 Å². The lowest BCUT2D eigenvalue weighted by molar-refractivity contribution is -0.161. The Bertz CT molecular complexity index is 627. The van der Waals surface area contributed by atoms with Crippen LogP contribution in [-0.4, -0.2) is 36.3 Å². The van der Waals surface area contributed by atoms with Gasteiger partial charge in [-0.1, -0.05) is 36.4 Å². The van der Waals surface area contributed by atoms with Gasteiger partial charge in [0.1, 0.15) is 6.61 Å². The fraction of sp³-hybridized carbons (Fsp3) is 0.353. The zero-order valence-corrected chi connectivity index (χ0v) is 13.4. The molecule has 0 saturated heterocycles. The van der Waals surface area contributed by atoms with E-state index >= 15 is 0 Å². The minimum absolute atomic E-state index is 0.120. The largest absolute Gasteiger partial charge is 0.456 e. The second-order valence-corrected chi connectivity index (χ2v) is 5.26. The molecule has 0 unspecified atom stereocenters. The third-order valence-corrected chi connectivity index (χ3v) is 3.29. The molecule has 0 fully saturated rings. The van der Waals surface area contributed by atoms with Gasteiger partial charge in [0.05, 0.1) is 6.04 Å². The summed E-state index contributed by atoms with van der Waals surface area (Å²) in [7, 11) is 0. The van der Waals surface area contributed by atoms with Crippen LogP contribution < -0.4 is 5.32 Å². The molecule has 0 saturated carbocycles. The van der Waals surface area contributed by atoms with E-state index in [0.29, 0.717) is 0 Å². The number of esters is 2. The highest BCUT2D eigenvalue weighted by Crippen LogP contribution is 2.20. The SMILES string of the molecule is CC(=O)O[C@H]1[C@@H](NC(=O)OCc2ccccc2)C=C[C@@H]1OC(C)=O. The van der Waals surface area contributed by atoms with Gasteiger partial charge in [-0.2, -0.15) is 0 Å². The normalized spacial score (nSPS) is 21.8. The highest BCUT2D eigenvalue weighted by Gasteiger charge is 2.37. The first kappa shape index (κ1) is 17.5. The smallest absolute Gasteiger partial charge is 0.408 e. The molecular formula is C17H19NO6. The van der Waals surface area contributed by atoms with Crippen LogP contribution >= 0.6 is 0 Å². The second kappa shape index (κ2) is 8.14. The standard InChI is InChI=1S/C17H19NO6/c1-11(19)23-15-9-8-14(16(15)24-12(2)20)18-17(21)22-10-13-6-4-3-5-7-13/h3-9,14-16H,10H2,1-2H3,(H,18,21)/t14-,15-,16-/m0/s1. The van der Waals surface area contributed by atoms with E-state index in [4.69, 9.17) is 14.2 Å². The number of alkyl carbamates (subject to hydrolysis) is 1. The number of amides is 1. The Morgan fingerprint density at radius 1 is 1.00 bits per heavy atom. The zero-order valence-electron chi connectivity index (χ0n) is 13.4. The molecule has 1 aliphatic carbocycles. The molecule has 0 bridgehead atoms. The molecule has 0 spiro atoms. The molecule has 3 atom stereocenters. The summed E-state index contributed by atoms with van der Waals surface area (Å²) in [6.07, 6.45) is 0.943. The van der Waals surface area contributed by atoms with Gasteiger partial charge < -0.3 is 19.5 Å². The number of hydrogen-bond donors (Lipinski definition) is 1. The maximum atomic E-state index is 11.9. The molecule has 1 aromatic carbocycles. The highest BCUT2D eigenvalue weighted by atomic mass is 16.6. The summed E-state index contributed by atoms with van der Waals surface area (Å²) in [6, 6.07) is 8.59. The van der Waals surface area contributed by atoms with E-state index in [0.717, 1.165) is 5.56 Å². The maximum Gasteiger partial charge on any atom is 0.408 e. The number of ether oxygens (including phenoxy) is 3. The van der Waals surface area contributed by atoms with Crippen LogP contribution in [0.1, 0.15) is 19.4 Å². The molecule has 0 radical (unpaired) electrons. The molecule has 7 heteroatoms. The number of rotatable bonds is 5. The predicted octanol–water partition coefficient (Wildman–Crippen LogP) is 1.71. The van der Waals surface area contributed by atoms with Crippen LogP contribution in [0.5, 0.6) is 0 Å². The lowest BCUT2D eigenvalue weighted by atomic mass is 10.2. The van der Waals surface area contributed by atoms with Gasteiger partial charge in [-0.15, -0.1) is 0 Å². The van der Waals surface area contributed by atoms with Crippen molar-refractivity contribution in [1.29, 1.82) is 0 Å². The lowest BCUT2D eigenvalue weighted by Gasteiger charge is -2.24. The second-order valence-electron chi connectivity index (χ2n) is 5.26. The molecule has 0 heterocycles. The van der Waals surface area contributed by atoms with E-state index < -0.39 is 36.3 Å². The van der Waals surface area contributed by atoms with Gasteiger partial charge in [0.15, 0.2) is 12.2 Å². The maximum absolute atomic E-state index is 11.9. The van der Waals surface area contributed by atoms with Crippen molar-refractivity contribution in [3.63, 3.8) is 0 Å². The van der Waals surface area contributed by atoms with Gasteiger partial charge in [0.2, 0.25) is 0 Å². The van der Waals surface area contributed by atoms with Crippen molar-refractivity contribution in [1.82, 2.24) is 5.32 Å². The van der Waals surface area contributed by atoms with Crippen LogP contribution in [-0.2, 0) is 30.4 Å². The molecule has 1 N–H and O–H groups in total. The van der Waals surface area contributed by atoms with E-state index in [1.54, 1.807) is 12.2 Å². The molecule has 1 aromatic rings. The third kappa shape index (κ3) is 5.12. The molecule has 2 rings (SSSR count). The van der Waals surface area contributed by atoms with Gasteiger partial charge in [-0.25, -0.2) is 4.79 Å². The van der Waals surface area contributed by atoms with Gasteiger partial charge >= 0.3 is 18.0 Å². The Hall–Kier alpha value is -2.83. The number of nitrogens with one attached hydrogen (secondary N) is 1. The molecule has 1 amide bonds. The van der Waals surface area contributed by atoms with E-state index in [2.05, 4.69) is 5.32 Å². The van der Waals surface area contributed by atoms with Crippen LogP contribution in [0.25, 0.3) is 0 Å². The van der Waals surface area contributed by atoms with E-state index in [1.807, 2.05) is 30.3 Å². The van der Waals surface area contributed by atoms with Gasteiger partial charge in [-0.3, -0.25) is 9.59 Å². The van der Waals surface area contributed by atoms with Crippen LogP contribution in [0.15, 0.2) is 42.5 Å². The van der Waals surface area contributed by atoms with Crippen molar-refractivity contribution in [2.75, 3.05) is 0 Å². The summed E-state index contributed by atoms with van der Waals surface area (Å²) in [5.41, 5.74) is 0.851. The number of carbonyl (C=O) groups excluding carboxylic acids is 3. The zero-order chi connectivity index (χ0) is 17.5. The van der Waals surface area contributed by atoms with Crippen molar-refractivity contribution < 1.29 is 28.6 Å². The molecule has 7 nitrogen and oxygen atoms in total. The molecule has 1 aliphatic rings. The fourth-order valence-electron chi connectivity index (χ4n) is 2.31. The predicted molar refractivity (Wildman–Crippen MR) is 83.8 cm³/mol. The van der Waals surface area contributed by atoms with Crippen LogP contribution in [0.3, 0.4) is 0 Å². The van der Waals surface area contributed by atoms with Crippen molar-refractivity contribution in [2.24, 2.45) is 0 Å². The van der Waals surface area contributed by atoms with Crippen molar-refractivity contribution in [3.05, 3.63) is 48.0 Å². The summed E-state index contributed by atoms with van der Waals surface area (Å²) in [5.74, 6) is -1.04. The first-order valence-corrected chi connectivity index (χ1v) is 7.45. The number of hydrogen-bond acceptors (Lipinski definition) is 6. The summed E-state index contributed by atoms with van der Waals surface area (Å²) >= 11 is 0. The average Bonchev–Trinajstić information content (AvgIpc) is 2.87. The molecule has 0 aliphatic heterocycles. The van der Waals surface area contributed by atoms with E-state index in [9.17, 15) is 14.4 Å². The minimum atomic E-state index is -0.823. The summed E-state index contributed by atoms with van der Waals surface area (Å²) in [4.78, 5) is 34.3. The van der Waals surface area contributed by atoms with Crippen molar-refractivity contribution >= 4 is 18.0 Å². The Labute approximate surface area is 139 Å². The summed E-state index contributed by atoms with van der Waals surface area (Å²) in [5, 5.41) is 2.59. The number of carbonyl (C=O) groups is 3. The first-order valence-electron chi connectivity index (χ1n) is 7.45. The summed E-state index contributed by atoms with van der Waals surface area (Å²) < 4.78 is 15.4.